The number of nitrogens with zero attached hydrogens (tertiary/aromatic N) is 2. The van der Waals surface area contributed by atoms with Crippen LogP contribution in [-0.2, 0) is 19.2 Å². The quantitative estimate of drug-likeness (QED) is 0.726. The molecule has 1 aliphatic heterocycles. The van der Waals surface area contributed by atoms with E-state index in [0.29, 0.717) is 0 Å². The molecule has 7 nitrogen and oxygen atoms in total. The summed E-state index contributed by atoms with van der Waals surface area (Å²) in [5, 5.41) is 2.89. The fourth-order valence-corrected chi connectivity index (χ4v) is 4.71. The molecule has 2 fully saturated rings. The van der Waals surface area contributed by atoms with Crippen molar-refractivity contribution in [2.75, 3.05) is 25.5 Å². The normalized spacial score (nSPS) is 20.9. The van der Waals surface area contributed by atoms with E-state index in [1.165, 1.54) is 9.80 Å². The molecule has 162 valence electrons. The molecule has 0 bridgehead atoms. The molecule has 0 spiro atoms. The Morgan fingerprint density at radius 1 is 1.03 bits per heavy atom. The van der Waals surface area contributed by atoms with Crippen LogP contribution in [0.25, 0.3) is 0 Å². The lowest BCUT2D eigenvalue weighted by Gasteiger charge is -2.20. The predicted octanol–water partition coefficient (Wildman–Crippen LogP) is 2.57. The van der Waals surface area contributed by atoms with Crippen molar-refractivity contribution in [3.63, 3.8) is 0 Å². The molecule has 2 atom stereocenters. The van der Waals surface area contributed by atoms with Gasteiger partial charge in [-0.05, 0) is 44.7 Å². The highest BCUT2D eigenvalue weighted by Crippen LogP contribution is 2.38. The molecule has 1 heterocycles. The molecular formula is C23H31N3O4. The number of rotatable bonds is 6. The van der Waals surface area contributed by atoms with Crippen LogP contribution < -0.4 is 5.32 Å². The van der Waals surface area contributed by atoms with E-state index in [1.807, 2.05) is 32.9 Å². The summed E-state index contributed by atoms with van der Waals surface area (Å²) in [5.74, 6) is -1.22. The van der Waals surface area contributed by atoms with Gasteiger partial charge in [0.25, 0.3) is 0 Å². The number of likely N-dealkylation sites (tertiary alicyclic amines) is 1. The lowest BCUT2D eigenvalue weighted by Crippen LogP contribution is -2.38. The number of benzene rings is 1. The summed E-state index contributed by atoms with van der Waals surface area (Å²) < 4.78 is 0. The van der Waals surface area contributed by atoms with Crippen molar-refractivity contribution < 1.29 is 19.2 Å². The Kier molecular flexibility index (Phi) is 6.58. The van der Waals surface area contributed by atoms with Crippen LogP contribution >= 0.6 is 0 Å². The largest absolute Gasteiger partial charge is 0.336 e. The number of hydrogen-bond acceptors (Lipinski definition) is 4. The van der Waals surface area contributed by atoms with Crippen LogP contribution in [0.4, 0.5) is 5.69 Å². The third-order valence-corrected chi connectivity index (χ3v) is 6.23. The summed E-state index contributed by atoms with van der Waals surface area (Å²) in [4.78, 5) is 52.5. The van der Waals surface area contributed by atoms with Crippen molar-refractivity contribution >= 4 is 29.3 Å². The van der Waals surface area contributed by atoms with Crippen LogP contribution in [-0.4, -0.2) is 53.6 Å². The molecule has 7 heteroatoms. The van der Waals surface area contributed by atoms with Crippen molar-refractivity contribution in [3.8, 4) is 0 Å². The molecule has 30 heavy (non-hydrogen) atoms. The molecule has 3 rings (SSSR count). The summed E-state index contributed by atoms with van der Waals surface area (Å²) >= 11 is 0. The number of likely N-dealkylation sites (N-methyl/N-ethyl adjacent to an activating group) is 1. The molecule has 0 unspecified atom stereocenters. The molecule has 0 radical (unpaired) electrons. The van der Waals surface area contributed by atoms with Gasteiger partial charge >= 0.3 is 0 Å². The lowest BCUT2D eigenvalue weighted by molar-refractivity contribution is -0.141. The number of nitrogens with one attached hydrogen (secondary N) is 1. The minimum atomic E-state index is -0.278. The molecule has 1 aromatic rings. The van der Waals surface area contributed by atoms with Crippen molar-refractivity contribution in [2.24, 2.45) is 11.8 Å². The second-order valence-corrected chi connectivity index (χ2v) is 8.65. The molecular weight excluding hydrogens is 382 g/mol. The van der Waals surface area contributed by atoms with Gasteiger partial charge in [0.15, 0.2) is 0 Å². The summed E-state index contributed by atoms with van der Waals surface area (Å²) in [6.07, 6.45) is 3.51. The highest BCUT2D eigenvalue weighted by atomic mass is 16.2. The minimum absolute atomic E-state index is 0.0310. The summed E-state index contributed by atoms with van der Waals surface area (Å²) in [7, 11) is 1.56. The van der Waals surface area contributed by atoms with E-state index in [-0.39, 0.29) is 55.0 Å². The Morgan fingerprint density at radius 2 is 1.57 bits per heavy atom. The standard InChI is InChI=1S/C23H31N3O4/c1-14-11-15(2)21(16(3)12-14)24-19(27)13-25(4)20(28)9-10-26-22(29)17-7-5-6-8-18(17)23(26)30/h11-12,17-18H,5-10,13H2,1-4H3,(H,24,27)/t17-,18+. The summed E-state index contributed by atoms with van der Waals surface area (Å²) in [5.41, 5.74) is 3.84. The van der Waals surface area contributed by atoms with Crippen LogP contribution in [0.15, 0.2) is 12.1 Å². The van der Waals surface area contributed by atoms with E-state index in [1.54, 1.807) is 7.05 Å². The van der Waals surface area contributed by atoms with Gasteiger partial charge in [-0.2, -0.15) is 0 Å². The maximum Gasteiger partial charge on any atom is 0.243 e. The van der Waals surface area contributed by atoms with E-state index in [0.717, 1.165) is 48.1 Å². The number of anilines is 1. The SMILES string of the molecule is Cc1cc(C)c(NC(=O)CN(C)C(=O)CCN2C(=O)[C@H]3CCCC[C@H]3C2=O)c(C)c1. The topological polar surface area (TPSA) is 86.8 Å². The Balaban J connectivity index is 1.52. The van der Waals surface area contributed by atoms with E-state index in [2.05, 4.69) is 5.32 Å². The Labute approximate surface area is 177 Å². The first kappa shape index (κ1) is 22.0. The Morgan fingerprint density at radius 3 is 2.10 bits per heavy atom. The third-order valence-electron chi connectivity index (χ3n) is 6.23. The highest BCUT2D eigenvalue weighted by Gasteiger charge is 2.47. The van der Waals surface area contributed by atoms with Gasteiger partial charge in [0.05, 0.1) is 18.4 Å². The number of imide groups is 1. The van der Waals surface area contributed by atoms with Gasteiger partial charge in [-0.1, -0.05) is 30.5 Å². The van der Waals surface area contributed by atoms with Crippen molar-refractivity contribution in [2.45, 2.75) is 52.9 Å². The smallest absolute Gasteiger partial charge is 0.243 e. The number of carbonyl (C=O) groups is 4. The van der Waals surface area contributed by atoms with Crippen LogP contribution in [0.1, 0.15) is 48.8 Å². The van der Waals surface area contributed by atoms with Crippen molar-refractivity contribution in [1.29, 1.82) is 0 Å². The van der Waals surface area contributed by atoms with Gasteiger partial charge in [0.1, 0.15) is 0 Å². The summed E-state index contributed by atoms with van der Waals surface area (Å²) in [6.45, 7) is 5.88. The van der Waals surface area contributed by atoms with Crippen molar-refractivity contribution in [1.82, 2.24) is 9.80 Å². The zero-order valence-electron chi connectivity index (χ0n) is 18.3. The number of hydrogen-bond donors (Lipinski definition) is 1. The maximum absolute atomic E-state index is 12.5. The van der Waals surface area contributed by atoms with Crippen LogP contribution in [0.2, 0.25) is 0 Å². The average molecular weight is 414 g/mol. The Bertz CT molecular complexity index is 832. The molecule has 2 aliphatic rings. The van der Waals surface area contributed by atoms with Gasteiger partial charge in [-0.15, -0.1) is 0 Å². The van der Waals surface area contributed by atoms with Gasteiger partial charge in [-0.25, -0.2) is 0 Å². The molecule has 4 amide bonds. The van der Waals surface area contributed by atoms with Crippen LogP contribution in [0, 0.1) is 32.6 Å². The average Bonchev–Trinajstić information content (AvgIpc) is 2.93. The van der Waals surface area contributed by atoms with Gasteiger partial charge < -0.3 is 10.2 Å². The predicted molar refractivity (Wildman–Crippen MR) is 114 cm³/mol. The first-order valence-electron chi connectivity index (χ1n) is 10.7. The fourth-order valence-electron chi connectivity index (χ4n) is 4.71. The minimum Gasteiger partial charge on any atom is -0.336 e. The fraction of sp³-hybridized carbons (Fsp3) is 0.565. The van der Waals surface area contributed by atoms with Gasteiger partial charge in [-0.3, -0.25) is 24.1 Å². The number of aryl methyl sites for hydroxylation is 3. The molecule has 1 aliphatic carbocycles. The van der Waals surface area contributed by atoms with E-state index < -0.39 is 0 Å². The molecule has 1 saturated carbocycles. The van der Waals surface area contributed by atoms with Crippen molar-refractivity contribution in [3.05, 3.63) is 28.8 Å². The maximum atomic E-state index is 12.5. The van der Waals surface area contributed by atoms with E-state index in [9.17, 15) is 19.2 Å². The van der Waals surface area contributed by atoms with E-state index >= 15 is 0 Å². The zero-order chi connectivity index (χ0) is 22.0. The number of carbonyl (C=O) groups excluding carboxylic acids is 4. The molecule has 1 N–H and O–H groups in total. The second-order valence-electron chi connectivity index (χ2n) is 8.65. The van der Waals surface area contributed by atoms with Gasteiger partial charge in [0, 0.05) is 25.7 Å². The first-order valence-corrected chi connectivity index (χ1v) is 10.7. The molecule has 1 aromatic carbocycles. The van der Waals surface area contributed by atoms with Crippen LogP contribution in [0.3, 0.4) is 0 Å². The van der Waals surface area contributed by atoms with Gasteiger partial charge in [0.2, 0.25) is 23.6 Å². The number of fused-ring (bicyclic) bond motifs is 1. The second kappa shape index (κ2) is 8.98. The Hall–Kier alpha value is -2.70. The third kappa shape index (κ3) is 4.55. The highest BCUT2D eigenvalue weighted by molar-refractivity contribution is 6.05. The lowest BCUT2D eigenvalue weighted by atomic mass is 9.81. The monoisotopic (exact) mass is 413 g/mol. The first-order chi connectivity index (χ1) is 14.2. The molecule has 0 aromatic heterocycles. The summed E-state index contributed by atoms with van der Waals surface area (Å²) in [6, 6.07) is 4.00. The van der Waals surface area contributed by atoms with E-state index in [4.69, 9.17) is 0 Å². The molecule has 1 saturated heterocycles. The number of amides is 4. The zero-order valence-corrected chi connectivity index (χ0v) is 18.3. The van der Waals surface area contributed by atoms with Crippen LogP contribution in [0.5, 0.6) is 0 Å².